The molecule has 4 saturated carbocycles. The van der Waals surface area contributed by atoms with Gasteiger partial charge in [-0.15, -0.1) is 6.58 Å². The van der Waals surface area contributed by atoms with Crippen LogP contribution in [0.25, 0.3) is 0 Å². The molecule has 3 unspecified atom stereocenters. The van der Waals surface area contributed by atoms with E-state index in [0.29, 0.717) is 41.9 Å². The Morgan fingerprint density at radius 3 is 2.86 bits per heavy atom. The highest BCUT2D eigenvalue weighted by Crippen LogP contribution is 2.79. The number of nitrogens with zero attached hydrogens (tertiary/aromatic N) is 1. The van der Waals surface area contributed by atoms with Crippen molar-refractivity contribution in [3.05, 3.63) is 24.3 Å². The summed E-state index contributed by atoms with van der Waals surface area (Å²) in [7, 11) is 0. The van der Waals surface area contributed by atoms with Crippen LogP contribution < -0.4 is 0 Å². The van der Waals surface area contributed by atoms with Gasteiger partial charge in [0.15, 0.2) is 0 Å². The van der Waals surface area contributed by atoms with Crippen molar-refractivity contribution in [1.82, 2.24) is 0 Å². The number of oxime groups is 1. The molecule has 0 aromatic heterocycles. The van der Waals surface area contributed by atoms with Crippen molar-refractivity contribution in [3.8, 4) is 0 Å². The Morgan fingerprint density at radius 1 is 1.31 bits per heavy atom. The van der Waals surface area contributed by atoms with Crippen LogP contribution in [0.4, 0.5) is 0 Å². The van der Waals surface area contributed by atoms with Gasteiger partial charge in [-0.2, -0.15) is 0 Å². The fourth-order valence-electron chi connectivity index (χ4n) is 9.40. The van der Waals surface area contributed by atoms with E-state index >= 15 is 0 Å². The van der Waals surface area contributed by atoms with Crippen molar-refractivity contribution in [1.29, 1.82) is 0 Å². The normalized spacial score (nSPS) is 53.6. The van der Waals surface area contributed by atoms with Crippen molar-refractivity contribution in [3.63, 3.8) is 0 Å². The van der Waals surface area contributed by atoms with E-state index < -0.39 is 0 Å². The highest BCUT2D eigenvalue weighted by Gasteiger charge is 2.79. The summed E-state index contributed by atoms with van der Waals surface area (Å²) < 4.78 is 6.29. The van der Waals surface area contributed by atoms with Crippen LogP contribution in [0.15, 0.2) is 29.5 Å². The second-order valence-electron chi connectivity index (χ2n) is 10.7. The molecule has 6 aliphatic rings. The summed E-state index contributed by atoms with van der Waals surface area (Å²) in [6.07, 6.45) is 13.9. The first-order valence-electron chi connectivity index (χ1n) is 11.8. The molecule has 1 spiro atoms. The zero-order valence-electron chi connectivity index (χ0n) is 17.5. The van der Waals surface area contributed by atoms with E-state index in [4.69, 9.17) is 4.74 Å². The molecule has 0 aromatic rings. The number of rotatable bonds is 2. The van der Waals surface area contributed by atoms with E-state index in [2.05, 4.69) is 30.8 Å². The summed E-state index contributed by atoms with van der Waals surface area (Å²) in [5.74, 6) is 4.59. The third-order valence-electron chi connectivity index (χ3n) is 10.3. The first-order chi connectivity index (χ1) is 14.1. The van der Waals surface area contributed by atoms with Crippen molar-refractivity contribution in [2.75, 3.05) is 0 Å². The molecule has 6 rings (SSSR count). The predicted molar refractivity (Wildman–Crippen MR) is 110 cm³/mol. The molecule has 1 aliphatic heterocycles. The van der Waals surface area contributed by atoms with Gasteiger partial charge in [0.25, 0.3) is 0 Å². The van der Waals surface area contributed by atoms with Crippen LogP contribution >= 0.6 is 0 Å². The lowest BCUT2D eigenvalue weighted by Crippen LogP contribution is -2.57. The largest absolute Gasteiger partial charge is 0.458 e. The maximum Gasteiger partial charge on any atom is 0.306 e. The van der Waals surface area contributed by atoms with Crippen LogP contribution in [0.3, 0.4) is 0 Å². The molecule has 1 N–H and O–H groups in total. The van der Waals surface area contributed by atoms with Crippen LogP contribution in [0, 0.1) is 46.8 Å². The average molecular weight is 396 g/mol. The Bertz CT molecular complexity index is 830. The molecule has 1 heterocycles. The number of hydrogen-bond donors (Lipinski definition) is 1. The fourth-order valence-corrected chi connectivity index (χ4v) is 9.40. The number of carbonyl (C=O) groups excluding carboxylic acids is 1. The Morgan fingerprint density at radius 2 is 2.17 bits per heavy atom. The van der Waals surface area contributed by atoms with E-state index in [9.17, 15) is 10.0 Å². The first-order valence-corrected chi connectivity index (χ1v) is 11.8. The van der Waals surface area contributed by atoms with Gasteiger partial charge in [0, 0.05) is 17.8 Å². The molecule has 4 nitrogen and oxygen atoms in total. The van der Waals surface area contributed by atoms with Gasteiger partial charge >= 0.3 is 5.97 Å². The highest BCUT2D eigenvalue weighted by atomic mass is 16.6. The van der Waals surface area contributed by atoms with Gasteiger partial charge in [0.05, 0.1) is 5.71 Å². The number of fused-ring (bicyclic) bond motifs is 9. The molecule has 0 aromatic carbocycles. The molecule has 4 heteroatoms. The van der Waals surface area contributed by atoms with Crippen LogP contribution in [-0.4, -0.2) is 22.5 Å². The summed E-state index contributed by atoms with van der Waals surface area (Å²) >= 11 is 0. The van der Waals surface area contributed by atoms with E-state index in [0.717, 1.165) is 43.7 Å². The highest BCUT2D eigenvalue weighted by molar-refractivity contribution is 5.96. The summed E-state index contributed by atoms with van der Waals surface area (Å²) in [4.78, 5) is 12.3. The topological polar surface area (TPSA) is 58.9 Å². The molecular weight excluding hydrogens is 362 g/mol. The third-order valence-corrected chi connectivity index (χ3v) is 10.3. The molecule has 156 valence electrons. The average Bonchev–Trinajstić information content (AvgIpc) is 3.40. The van der Waals surface area contributed by atoms with E-state index in [-0.39, 0.29) is 17.0 Å². The Balaban J connectivity index is 1.42. The van der Waals surface area contributed by atoms with Crippen LogP contribution in [0.1, 0.15) is 64.7 Å². The van der Waals surface area contributed by atoms with E-state index in [1.54, 1.807) is 0 Å². The molecule has 0 radical (unpaired) electrons. The SMILES string of the molecule is C=C[C@@H]1CC2=C/C(=N/O)CC[C@@H]2C2CC[C@@]3(CC)C(C21)[C@H]1C[C@H]1[C@@]31CCC(=O)O1. The van der Waals surface area contributed by atoms with Crippen LogP contribution in [0.5, 0.6) is 0 Å². The van der Waals surface area contributed by atoms with Gasteiger partial charge in [-0.05, 0) is 93.0 Å². The molecule has 0 bridgehead atoms. The van der Waals surface area contributed by atoms with E-state index in [1.807, 2.05) is 0 Å². The number of esters is 1. The second-order valence-corrected chi connectivity index (χ2v) is 10.7. The summed E-state index contributed by atoms with van der Waals surface area (Å²) in [5.41, 5.74) is 2.36. The molecule has 29 heavy (non-hydrogen) atoms. The zero-order chi connectivity index (χ0) is 20.0. The summed E-state index contributed by atoms with van der Waals surface area (Å²) in [6.45, 7) is 6.62. The molecule has 5 aliphatic carbocycles. The van der Waals surface area contributed by atoms with Gasteiger partial charge in [-0.25, -0.2) is 0 Å². The monoisotopic (exact) mass is 395 g/mol. The standard InChI is InChI=1S/C25H33NO3/c1-3-14-11-15-12-16(26-28)5-6-17(15)18-7-9-24(4-2)23(22(14)18)19-13-20(19)25(24)10-8-21(27)29-25/h3,12,14,17-20,22-23,28H,1,4-11,13H2,2H3/b26-16+/t14-,17+,18?,19+,20-,22?,23?,24+,25+/m1/s1. The molecule has 5 fully saturated rings. The quantitative estimate of drug-likeness (QED) is 0.305. The first kappa shape index (κ1) is 18.2. The Hall–Kier alpha value is -1.58. The van der Waals surface area contributed by atoms with Crippen molar-refractivity contribution >= 4 is 11.7 Å². The van der Waals surface area contributed by atoms with Gasteiger partial charge in [-0.3, -0.25) is 4.79 Å². The Labute approximate surface area is 173 Å². The molecule has 9 atom stereocenters. The molecule has 1 saturated heterocycles. The van der Waals surface area contributed by atoms with Crippen LogP contribution in [-0.2, 0) is 9.53 Å². The minimum absolute atomic E-state index is 0.0449. The maximum atomic E-state index is 12.3. The molecular formula is C25H33NO3. The number of carbonyl (C=O) groups is 1. The zero-order valence-corrected chi connectivity index (χ0v) is 17.5. The fraction of sp³-hybridized carbons (Fsp3) is 0.760. The van der Waals surface area contributed by atoms with Crippen molar-refractivity contribution in [2.45, 2.75) is 70.3 Å². The lowest BCUT2D eigenvalue weighted by atomic mass is 9.45. The molecule has 0 amide bonds. The number of ether oxygens (including phenoxy) is 1. The van der Waals surface area contributed by atoms with Gasteiger partial charge < -0.3 is 9.94 Å². The van der Waals surface area contributed by atoms with Gasteiger partial charge in [0.1, 0.15) is 5.60 Å². The van der Waals surface area contributed by atoms with E-state index in [1.165, 1.54) is 24.8 Å². The summed E-state index contributed by atoms with van der Waals surface area (Å²) in [6, 6.07) is 0. The third kappa shape index (κ3) is 2.11. The minimum Gasteiger partial charge on any atom is -0.458 e. The predicted octanol–water partition coefficient (Wildman–Crippen LogP) is 5.12. The second kappa shape index (κ2) is 5.98. The van der Waals surface area contributed by atoms with Crippen molar-refractivity contribution < 1.29 is 14.7 Å². The van der Waals surface area contributed by atoms with Crippen molar-refractivity contribution in [2.24, 2.45) is 52.0 Å². The summed E-state index contributed by atoms with van der Waals surface area (Å²) in [5, 5.41) is 12.8. The number of allylic oxidation sites excluding steroid dienone is 3. The van der Waals surface area contributed by atoms with Crippen LogP contribution in [0.2, 0.25) is 0 Å². The van der Waals surface area contributed by atoms with Gasteiger partial charge in [-0.1, -0.05) is 23.7 Å². The maximum absolute atomic E-state index is 12.3. The number of hydrogen-bond acceptors (Lipinski definition) is 4. The minimum atomic E-state index is -0.162. The lowest BCUT2D eigenvalue weighted by Gasteiger charge is -2.60. The van der Waals surface area contributed by atoms with Gasteiger partial charge in [0.2, 0.25) is 0 Å². The lowest BCUT2D eigenvalue weighted by molar-refractivity contribution is -0.181. The Kier molecular flexibility index (Phi) is 3.76. The smallest absolute Gasteiger partial charge is 0.306 e.